The quantitative estimate of drug-likeness (QED) is 0.861. The molecule has 5 heteroatoms. The van der Waals surface area contributed by atoms with Crippen LogP contribution < -0.4 is 10.1 Å². The van der Waals surface area contributed by atoms with Gasteiger partial charge in [-0.1, -0.05) is 11.6 Å². The zero-order valence-corrected chi connectivity index (χ0v) is 14.5. The number of hydrogen-bond acceptors (Lipinski definition) is 3. The van der Waals surface area contributed by atoms with Crippen LogP contribution in [-0.4, -0.2) is 38.7 Å². The van der Waals surface area contributed by atoms with Crippen LogP contribution in [0.25, 0.3) is 0 Å². The highest BCUT2D eigenvalue weighted by molar-refractivity contribution is 6.30. The molecule has 1 heterocycles. The van der Waals surface area contributed by atoms with E-state index in [1.807, 2.05) is 25.2 Å². The minimum Gasteiger partial charge on any atom is -0.496 e. The van der Waals surface area contributed by atoms with E-state index in [0.717, 1.165) is 29.8 Å². The summed E-state index contributed by atoms with van der Waals surface area (Å²) in [6, 6.07) is 5.86. The third kappa shape index (κ3) is 5.67. The van der Waals surface area contributed by atoms with Crippen molar-refractivity contribution in [3.63, 3.8) is 0 Å². The first-order valence-electron chi connectivity index (χ1n) is 7.42. The third-order valence-electron chi connectivity index (χ3n) is 4.15. The van der Waals surface area contributed by atoms with E-state index in [9.17, 15) is 0 Å². The lowest BCUT2D eigenvalue weighted by Crippen LogP contribution is -2.34. The number of piperidine rings is 1. The van der Waals surface area contributed by atoms with E-state index in [2.05, 4.69) is 10.2 Å². The van der Waals surface area contributed by atoms with Crippen LogP contribution in [0.3, 0.4) is 0 Å². The van der Waals surface area contributed by atoms with E-state index >= 15 is 0 Å². The van der Waals surface area contributed by atoms with E-state index in [-0.39, 0.29) is 12.4 Å². The van der Waals surface area contributed by atoms with Crippen LogP contribution in [0.2, 0.25) is 5.02 Å². The maximum Gasteiger partial charge on any atom is 0.123 e. The van der Waals surface area contributed by atoms with E-state index in [1.54, 1.807) is 7.11 Å². The normalized spacial score (nSPS) is 16.5. The van der Waals surface area contributed by atoms with E-state index in [0.29, 0.717) is 0 Å². The van der Waals surface area contributed by atoms with E-state index in [4.69, 9.17) is 16.3 Å². The second kappa shape index (κ2) is 9.52. The summed E-state index contributed by atoms with van der Waals surface area (Å²) >= 11 is 6.09. The van der Waals surface area contributed by atoms with E-state index < -0.39 is 0 Å². The molecule has 0 unspecified atom stereocenters. The van der Waals surface area contributed by atoms with Gasteiger partial charge in [-0.05, 0) is 70.1 Å². The van der Waals surface area contributed by atoms with Gasteiger partial charge in [-0.2, -0.15) is 0 Å². The number of likely N-dealkylation sites (tertiary alicyclic amines) is 1. The molecule has 1 aromatic rings. The predicted molar refractivity (Wildman–Crippen MR) is 91.8 cm³/mol. The lowest BCUT2D eigenvalue weighted by Gasteiger charge is -2.32. The van der Waals surface area contributed by atoms with Gasteiger partial charge >= 0.3 is 0 Å². The van der Waals surface area contributed by atoms with Gasteiger partial charge < -0.3 is 10.1 Å². The molecule has 120 valence electrons. The Balaban J connectivity index is 0.00000220. The topological polar surface area (TPSA) is 24.5 Å². The number of halogens is 2. The zero-order chi connectivity index (χ0) is 14.4. The third-order valence-corrected chi connectivity index (χ3v) is 4.38. The van der Waals surface area contributed by atoms with Crippen molar-refractivity contribution in [3.05, 3.63) is 28.8 Å². The van der Waals surface area contributed by atoms with Crippen LogP contribution in [0.4, 0.5) is 0 Å². The number of rotatable bonds is 6. The van der Waals surface area contributed by atoms with Gasteiger partial charge in [0.2, 0.25) is 0 Å². The molecule has 1 aromatic carbocycles. The number of nitrogens with zero attached hydrogens (tertiary/aromatic N) is 1. The Hall–Kier alpha value is -0.480. The van der Waals surface area contributed by atoms with Gasteiger partial charge in [0.1, 0.15) is 5.75 Å². The summed E-state index contributed by atoms with van der Waals surface area (Å²) in [5.74, 6) is 1.81. The molecule has 0 amide bonds. The van der Waals surface area contributed by atoms with Crippen molar-refractivity contribution in [3.8, 4) is 5.75 Å². The zero-order valence-electron chi connectivity index (χ0n) is 12.9. The highest BCUT2D eigenvalue weighted by Gasteiger charge is 2.19. The second-order valence-electron chi connectivity index (χ2n) is 5.57. The number of hydrogen-bond donors (Lipinski definition) is 1. The van der Waals surface area contributed by atoms with Crippen LogP contribution in [-0.2, 0) is 6.54 Å². The minimum absolute atomic E-state index is 0. The van der Waals surface area contributed by atoms with Gasteiger partial charge in [0.15, 0.2) is 0 Å². The largest absolute Gasteiger partial charge is 0.496 e. The SMILES string of the molecule is CNCCC1CCN(Cc2cc(Cl)ccc2OC)CC1.Cl. The Labute approximate surface area is 139 Å². The van der Waals surface area contributed by atoms with Gasteiger partial charge in [-0.25, -0.2) is 0 Å². The molecule has 0 radical (unpaired) electrons. The molecule has 0 aliphatic carbocycles. The predicted octanol–water partition coefficient (Wildman–Crippen LogP) is 3.59. The lowest BCUT2D eigenvalue weighted by molar-refractivity contribution is 0.171. The fourth-order valence-electron chi connectivity index (χ4n) is 2.89. The van der Waals surface area contributed by atoms with Crippen LogP contribution in [0.1, 0.15) is 24.8 Å². The number of ether oxygens (including phenoxy) is 1. The van der Waals surface area contributed by atoms with Crippen molar-refractivity contribution in [2.75, 3.05) is 33.8 Å². The van der Waals surface area contributed by atoms with Crippen LogP contribution in [0.5, 0.6) is 5.75 Å². The highest BCUT2D eigenvalue weighted by atomic mass is 35.5. The van der Waals surface area contributed by atoms with Gasteiger partial charge in [-0.3, -0.25) is 4.90 Å². The Morgan fingerprint density at radius 2 is 2.05 bits per heavy atom. The molecule has 0 atom stereocenters. The summed E-state index contributed by atoms with van der Waals surface area (Å²) in [4.78, 5) is 2.50. The molecule has 3 nitrogen and oxygen atoms in total. The molecule has 0 bridgehead atoms. The average Bonchev–Trinajstić information content (AvgIpc) is 2.47. The molecule has 1 N–H and O–H groups in total. The van der Waals surface area contributed by atoms with Crippen LogP contribution >= 0.6 is 24.0 Å². The Bertz CT molecular complexity index is 421. The van der Waals surface area contributed by atoms with Crippen molar-refractivity contribution >= 4 is 24.0 Å². The van der Waals surface area contributed by atoms with Gasteiger partial charge in [0.25, 0.3) is 0 Å². The van der Waals surface area contributed by atoms with Gasteiger partial charge in [0.05, 0.1) is 7.11 Å². The fraction of sp³-hybridized carbons (Fsp3) is 0.625. The second-order valence-corrected chi connectivity index (χ2v) is 6.00. The van der Waals surface area contributed by atoms with E-state index in [1.165, 1.54) is 37.9 Å². The molecular weight excluding hydrogens is 307 g/mol. The molecule has 1 aliphatic heterocycles. The minimum atomic E-state index is 0. The number of nitrogens with one attached hydrogen (secondary N) is 1. The highest BCUT2D eigenvalue weighted by Crippen LogP contribution is 2.27. The first-order valence-corrected chi connectivity index (χ1v) is 7.80. The smallest absolute Gasteiger partial charge is 0.123 e. The standard InChI is InChI=1S/C16H25ClN2O.ClH/c1-18-8-5-13-6-9-19(10-7-13)12-14-11-15(17)3-4-16(14)20-2;/h3-4,11,13,18H,5-10,12H2,1-2H3;1H. The van der Waals surface area contributed by atoms with Gasteiger partial charge in [0, 0.05) is 17.1 Å². The number of benzene rings is 1. The molecule has 0 saturated carbocycles. The summed E-state index contributed by atoms with van der Waals surface area (Å²) in [7, 11) is 3.75. The molecule has 21 heavy (non-hydrogen) atoms. The molecule has 1 aliphatic rings. The van der Waals surface area contributed by atoms with Crippen molar-refractivity contribution in [2.24, 2.45) is 5.92 Å². The Morgan fingerprint density at radius 3 is 2.67 bits per heavy atom. The van der Waals surface area contributed by atoms with Crippen molar-refractivity contribution in [2.45, 2.75) is 25.8 Å². The first-order chi connectivity index (χ1) is 9.72. The maximum absolute atomic E-state index is 6.09. The summed E-state index contributed by atoms with van der Waals surface area (Å²) in [6.45, 7) is 4.41. The molecule has 0 aromatic heterocycles. The summed E-state index contributed by atoms with van der Waals surface area (Å²) in [6.07, 6.45) is 3.89. The van der Waals surface area contributed by atoms with Crippen molar-refractivity contribution < 1.29 is 4.74 Å². The number of methoxy groups -OCH3 is 1. The summed E-state index contributed by atoms with van der Waals surface area (Å²) in [5.41, 5.74) is 1.19. The maximum atomic E-state index is 6.09. The molecule has 2 rings (SSSR count). The lowest BCUT2D eigenvalue weighted by atomic mass is 9.93. The summed E-state index contributed by atoms with van der Waals surface area (Å²) in [5, 5.41) is 4.02. The molecular formula is C16H26Cl2N2O. The van der Waals surface area contributed by atoms with Crippen molar-refractivity contribution in [1.82, 2.24) is 10.2 Å². The fourth-order valence-corrected chi connectivity index (χ4v) is 3.09. The monoisotopic (exact) mass is 332 g/mol. The van der Waals surface area contributed by atoms with Crippen LogP contribution in [0.15, 0.2) is 18.2 Å². The van der Waals surface area contributed by atoms with Crippen LogP contribution in [0, 0.1) is 5.92 Å². The molecule has 1 fully saturated rings. The van der Waals surface area contributed by atoms with Crippen molar-refractivity contribution in [1.29, 1.82) is 0 Å². The first kappa shape index (κ1) is 18.6. The Morgan fingerprint density at radius 1 is 1.33 bits per heavy atom. The average molecular weight is 333 g/mol. The molecule has 0 spiro atoms. The van der Waals surface area contributed by atoms with Gasteiger partial charge in [-0.15, -0.1) is 12.4 Å². The summed E-state index contributed by atoms with van der Waals surface area (Å²) < 4.78 is 5.42. The Kier molecular flexibility index (Phi) is 8.42. The molecule has 1 saturated heterocycles.